The van der Waals surface area contributed by atoms with Crippen LogP contribution >= 0.6 is 11.8 Å². The molecular weight excluding hydrogens is 416 g/mol. The lowest BCUT2D eigenvalue weighted by molar-refractivity contribution is -0.139. The van der Waals surface area contributed by atoms with E-state index < -0.39 is 12.0 Å². The van der Waals surface area contributed by atoms with Crippen molar-refractivity contribution in [3.05, 3.63) is 64.6 Å². The molecule has 0 aliphatic carbocycles. The fourth-order valence-electron chi connectivity index (χ4n) is 3.51. The Balaban J connectivity index is 1.71. The predicted molar refractivity (Wildman–Crippen MR) is 115 cm³/mol. The van der Waals surface area contributed by atoms with Gasteiger partial charge in [0, 0.05) is 22.8 Å². The molecule has 1 aromatic carbocycles. The average Bonchev–Trinajstić information content (AvgIpc) is 3.15. The second-order valence-electron chi connectivity index (χ2n) is 7.00. The van der Waals surface area contributed by atoms with Gasteiger partial charge < -0.3 is 15.4 Å². The van der Waals surface area contributed by atoms with Gasteiger partial charge in [0.15, 0.2) is 5.16 Å². The van der Waals surface area contributed by atoms with Gasteiger partial charge in [-0.2, -0.15) is 0 Å². The van der Waals surface area contributed by atoms with E-state index in [0.717, 1.165) is 17.0 Å². The minimum atomic E-state index is -0.606. The minimum absolute atomic E-state index is 0.233. The fourth-order valence-corrected chi connectivity index (χ4v) is 4.46. The summed E-state index contributed by atoms with van der Waals surface area (Å²) in [5.41, 5.74) is 3.46. The molecule has 0 spiro atoms. The van der Waals surface area contributed by atoms with E-state index in [1.807, 2.05) is 54.6 Å². The van der Waals surface area contributed by atoms with Crippen LogP contribution in [0.4, 0.5) is 4.79 Å². The maximum Gasteiger partial charge on any atom is 0.338 e. The topological polar surface area (TPSA) is 111 Å². The SMILES string of the molecule is CCOC(=O)C1=C(CSc2nnc3nc(C)cc(C)n23)NC(=O)NC1c1ccccc1. The van der Waals surface area contributed by atoms with E-state index in [1.165, 1.54) is 11.8 Å². The van der Waals surface area contributed by atoms with Gasteiger partial charge in [0.25, 0.3) is 5.78 Å². The van der Waals surface area contributed by atoms with Crippen molar-refractivity contribution >= 4 is 29.5 Å². The molecule has 2 amide bonds. The predicted octanol–water partition coefficient (Wildman–Crippen LogP) is 2.70. The number of carbonyl (C=O) groups is 2. The van der Waals surface area contributed by atoms with Crippen molar-refractivity contribution in [3.8, 4) is 0 Å². The van der Waals surface area contributed by atoms with E-state index in [2.05, 4.69) is 25.8 Å². The molecule has 160 valence electrons. The summed E-state index contributed by atoms with van der Waals surface area (Å²) in [4.78, 5) is 29.6. The molecule has 31 heavy (non-hydrogen) atoms. The van der Waals surface area contributed by atoms with Gasteiger partial charge in [-0.25, -0.2) is 14.6 Å². The first-order valence-corrected chi connectivity index (χ1v) is 10.8. The number of aromatic nitrogens is 4. The first-order valence-electron chi connectivity index (χ1n) is 9.82. The number of esters is 1. The van der Waals surface area contributed by atoms with E-state index in [1.54, 1.807) is 6.92 Å². The van der Waals surface area contributed by atoms with Crippen molar-refractivity contribution in [2.24, 2.45) is 0 Å². The highest BCUT2D eigenvalue weighted by Crippen LogP contribution is 2.30. The average molecular weight is 439 g/mol. The Hall–Kier alpha value is -3.40. The molecule has 10 heteroatoms. The normalized spacial score (nSPS) is 16.2. The molecule has 4 rings (SSSR count). The van der Waals surface area contributed by atoms with Crippen LogP contribution in [0.3, 0.4) is 0 Å². The molecule has 1 aliphatic heterocycles. The molecule has 2 aromatic heterocycles. The number of amides is 2. The molecule has 1 aliphatic rings. The summed E-state index contributed by atoms with van der Waals surface area (Å²) in [5, 5.41) is 14.6. The number of nitrogens with one attached hydrogen (secondary N) is 2. The van der Waals surface area contributed by atoms with Crippen molar-refractivity contribution < 1.29 is 14.3 Å². The molecule has 1 atom stereocenters. The van der Waals surface area contributed by atoms with E-state index >= 15 is 0 Å². The van der Waals surface area contributed by atoms with Gasteiger partial charge in [0.1, 0.15) is 0 Å². The summed E-state index contributed by atoms with van der Waals surface area (Å²) in [6.45, 7) is 5.84. The van der Waals surface area contributed by atoms with Gasteiger partial charge in [-0.3, -0.25) is 4.40 Å². The summed E-state index contributed by atoms with van der Waals surface area (Å²) < 4.78 is 7.14. The van der Waals surface area contributed by atoms with Gasteiger partial charge in [-0.1, -0.05) is 42.1 Å². The second kappa shape index (κ2) is 8.76. The number of hydrogen-bond donors (Lipinski definition) is 2. The number of urea groups is 1. The number of carbonyl (C=O) groups excluding carboxylic acids is 2. The van der Waals surface area contributed by atoms with Crippen LogP contribution < -0.4 is 10.6 Å². The monoisotopic (exact) mass is 438 g/mol. The van der Waals surface area contributed by atoms with Gasteiger partial charge in [0.05, 0.1) is 18.2 Å². The molecule has 9 nitrogen and oxygen atoms in total. The second-order valence-corrected chi connectivity index (χ2v) is 7.94. The zero-order valence-corrected chi connectivity index (χ0v) is 18.2. The molecule has 3 heterocycles. The lowest BCUT2D eigenvalue weighted by atomic mass is 9.95. The van der Waals surface area contributed by atoms with Crippen LogP contribution in [0.5, 0.6) is 0 Å². The molecule has 0 saturated heterocycles. The third-order valence-electron chi connectivity index (χ3n) is 4.79. The van der Waals surface area contributed by atoms with E-state index in [-0.39, 0.29) is 12.6 Å². The van der Waals surface area contributed by atoms with Crippen molar-refractivity contribution in [2.45, 2.75) is 32.0 Å². The number of hydrogen-bond acceptors (Lipinski definition) is 7. The van der Waals surface area contributed by atoms with E-state index in [0.29, 0.717) is 28.0 Å². The van der Waals surface area contributed by atoms with E-state index in [4.69, 9.17) is 4.74 Å². The zero-order valence-electron chi connectivity index (χ0n) is 17.4. The number of aryl methyl sites for hydroxylation is 2. The Morgan fingerprint density at radius 3 is 2.74 bits per heavy atom. The number of ether oxygens (including phenoxy) is 1. The van der Waals surface area contributed by atoms with Crippen LogP contribution in [0.2, 0.25) is 0 Å². The zero-order chi connectivity index (χ0) is 22.0. The smallest absolute Gasteiger partial charge is 0.338 e. The Kier molecular flexibility index (Phi) is 5.90. The third kappa shape index (κ3) is 4.24. The summed E-state index contributed by atoms with van der Waals surface area (Å²) in [6, 6.07) is 10.3. The quantitative estimate of drug-likeness (QED) is 0.450. The summed E-state index contributed by atoms with van der Waals surface area (Å²) in [6.07, 6.45) is 0. The van der Waals surface area contributed by atoms with Crippen LogP contribution in [-0.2, 0) is 9.53 Å². The lowest BCUT2D eigenvalue weighted by Crippen LogP contribution is -2.46. The summed E-state index contributed by atoms with van der Waals surface area (Å²) >= 11 is 1.36. The Bertz CT molecular complexity index is 1170. The van der Waals surface area contributed by atoms with Gasteiger partial charge in [0.2, 0.25) is 0 Å². The molecule has 3 aromatic rings. The molecule has 1 unspecified atom stereocenters. The summed E-state index contributed by atoms with van der Waals surface area (Å²) in [7, 11) is 0. The first kappa shape index (κ1) is 20.9. The number of benzene rings is 1. The minimum Gasteiger partial charge on any atom is -0.463 e. The van der Waals surface area contributed by atoms with Crippen molar-refractivity contribution in [2.75, 3.05) is 12.4 Å². The van der Waals surface area contributed by atoms with Gasteiger partial charge >= 0.3 is 12.0 Å². The van der Waals surface area contributed by atoms with Crippen molar-refractivity contribution in [1.82, 2.24) is 30.2 Å². The Morgan fingerprint density at radius 1 is 1.23 bits per heavy atom. The van der Waals surface area contributed by atoms with Gasteiger partial charge in [-0.15, -0.1) is 10.2 Å². The number of fused-ring (bicyclic) bond motifs is 1. The number of nitrogens with zero attached hydrogens (tertiary/aromatic N) is 4. The van der Waals surface area contributed by atoms with Crippen LogP contribution in [0, 0.1) is 13.8 Å². The van der Waals surface area contributed by atoms with Crippen molar-refractivity contribution in [1.29, 1.82) is 0 Å². The molecule has 0 radical (unpaired) electrons. The fraction of sp³-hybridized carbons (Fsp3) is 0.286. The molecular formula is C21H22N6O3S. The molecule has 2 N–H and O–H groups in total. The number of thioether (sulfide) groups is 1. The molecule has 0 bridgehead atoms. The van der Waals surface area contributed by atoms with Crippen LogP contribution in [-0.4, -0.2) is 43.9 Å². The van der Waals surface area contributed by atoms with E-state index in [9.17, 15) is 9.59 Å². The number of rotatable bonds is 6. The summed E-state index contributed by atoms with van der Waals surface area (Å²) in [5.74, 6) is 0.342. The third-order valence-corrected chi connectivity index (χ3v) is 5.75. The largest absolute Gasteiger partial charge is 0.463 e. The van der Waals surface area contributed by atoms with Crippen LogP contribution in [0.15, 0.2) is 52.8 Å². The Labute approximate surface area is 183 Å². The first-order chi connectivity index (χ1) is 15.0. The van der Waals surface area contributed by atoms with Crippen molar-refractivity contribution in [3.63, 3.8) is 0 Å². The highest BCUT2D eigenvalue weighted by molar-refractivity contribution is 7.99. The standard InChI is InChI=1S/C21H22N6O3S/c1-4-30-18(28)16-15(23-20(29)24-17(16)14-8-6-5-7-9-14)11-31-21-26-25-19-22-12(2)10-13(3)27(19)21/h5-10,17H,4,11H2,1-3H3,(H2,23,24,29). The van der Waals surface area contributed by atoms with Gasteiger partial charge in [-0.05, 0) is 32.4 Å². The Morgan fingerprint density at radius 2 is 2.00 bits per heavy atom. The molecule has 0 saturated carbocycles. The maximum atomic E-state index is 12.8. The van der Waals surface area contributed by atoms with Crippen LogP contribution in [0.25, 0.3) is 5.78 Å². The maximum absolute atomic E-state index is 12.8. The lowest BCUT2D eigenvalue weighted by Gasteiger charge is -2.29. The highest BCUT2D eigenvalue weighted by atomic mass is 32.2. The highest BCUT2D eigenvalue weighted by Gasteiger charge is 2.33. The molecule has 0 fully saturated rings. The van der Waals surface area contributed by atoms with Crippen LogP contribution in [0.1, 0.15) is 29.9 Å².